The van der Waals surface area contributed by atoms with Crippen LogP contribution >= 0.6 is 0 Å². The fourth-order valence-electron chi connectivity index (χ4n) is 3.22. The zero-order valence-corrected chi connectivity index (χ0v) is 11.3. The molecule has 5 rings (SSSR count). The maximum Gasteiger partial charge on any atom is 0.338 e. The third-order valence-electron chi connectivity index (χ3n) is 4.34. The normalized spacial score (nSPS) is 33.9. The Balaban J connectivity index is 0.000000110. The zero-order chi connectivity index (χ0) is 14.4. The van der Waals surface area contributed by atoms with Gasteiger partial charge in [-0.2, -0.15) is 0 Å². The largest absolute Gasteiger partial charge is 0.462 e. The minimum absolute atomic E-state index is 0.0162. The monoisotopic (exact) mass is 286 g/mol. The molecule has 1 spiro atoms. The Hall–Kier alpha value is -2.14. The predicted molar refractivity (Wildman–Crippen MR) is 71.4 cm³/mol. The molecule has 3 atom stereocenters. The van der Waals surface area contributed by atoms with Crippen LogP contribution in [0, 0.1) is 5.92 Å². The van der Waals surface area contributed by atoms with Gasteiger partial charge in [0.25, 0.3) is 0 Å². The Morgan fingerprint density at radius 2 is 2.00 bits per heavy atom. The van der Waals surface area contributed by atoms with E-state index in [1.54, 1.807) is 6.07 Å². The van der Waals surface area contributed by atoms with Gasteiger partial charge in [-0.3, -0.25) is 4.79 Å². The molecular weight excluding hydrogens is 272 g/mol. The smallest absolute Gasteiger partial charge is 0.338 e. The van der Waals surface area contributed by atoms with Crippen molar-refractivity contribution in [3.8, 4) is 0 Å². The molecule has 4 aliphatic rings. The Bertz CT molecular complexity index is 650. The van der Waals surface area contributed by atoms with E-state index >= 15 is 0 Å². The average molecular weight is 286 g/mol. The van der Waals surface area contributed by atoms with E-state index in [1.165, 1.54) is 0 Å². The molecule has 5 nitrogen and oxygen atoms in total. The molecule has 21 heavy (non-hydrogen) atoms. The van der Waals surface area contributed by atoms with Gasteiger partial charge in [-0.1, -0.05) is 24.3 Å². The van der Waals surface area contributed by atoms with Gasteiger partial charge in [0.15, 0.2) is 0 Å². The van der Waals surface area contributed by atoms with Crippen LogP contribution in [0.4, 0.5) is 0 Å². The maximum atomic E-state index is 11.1. The molecular formula is C16H14O5. The van der Waals surface area contributed by atoms with E-state index in [9.17, 15) is 9.59 Å². The number of benzene rings is 1. The lowest BCUT2D eigenvalue weighted by atomic mass is 9.86. The van der Waals surface area contributed by atoms with Gasteiger partial charge in [-0.05, 0) is 18.6 Å². The van der Waals surface area contributed by atoms with E-state index in [4.69, 9.17) is 14.2 Å². The summed E-state index contributed by atoms with van der Waals surface area (Å²) >= 11 is 0. The number of fused-ring (bicyclic) bond motifs is 2. The van der Waals surface area contributed by atoms with Crippen LogP contribution in [-0.4, -0.2) is 30.3 Å². The molecule has 0 aromatic heterocycles. The van der Waals surface area contributed by atoms with Crippen LogP contribution in [0.15, 0.2) is 36.4 Å². The van der Waals surface area contributed by atoms with Gasteiger partial charge >= 0.3 is 11.9 Å². The Morgan fingerprint density at radius 1 is 1.14 bits per heavy atom. The fourth-order valence-corrected chi connectivity index (χ4v) is 3.22. The highest BCUT2D eigenvalue weighted by molar-refractivity contribution is 5.93. The first kappa shape index (κ1) is 12.6. The Kier molecular flexibility index (Phi) is 2.65. The van der Waals surface area contributed by atoms with Gasteiger partial charge in [0.1, 0.15) is 18.8 Å². The summed E-state index contributed by atoms with van der Waals surface area (Å²) in [6, 6.07) is 7.43. The summed E-state index contributed by atoms with van der Waals surface area (Å²) in [5, 5.41) is 0. The van der Waals surface area contributed by atoms with E-state index in [-0.39, 0.29) is 29.6 Å². The minimum Gasteiger partial charge on any atom is -0.462 e. The van der Waals surface area contributed by atoms with Crippen molar-refractivity contribution < 1.29 is 23.8 Å². The molecule has 5 heteroatoms. The highest BCUT2D eigenvalue weighted by Gasteiger charge is 2.58. The Morgan fingerprint density at radius 3 is 2.76 bits per heavy atom. The third kappa shape index (κ3) is 1.88. The van der Waals surface area contributed by atoms with E-state index in [2.05, 4.69) is 0 Å². The van der Waals surface area contributed by atoms with E-state index in [1.807, 2.05) is 30.4 Å². The highest BCUT2D eigenvalue weighted by atomic mass is 16.6. The average Bonchev–Trinajstić information content (AvgIpc) is 3.24. The number of esters is 2. The number of hydrogen-bond acceptors (Lipinski definition) is 5. The highest BCUT2D eigenvalue weighted by Crippen LogP contribution is 2.47. The molecule has 2 saturated heterocycles. The molecule has 1 aromatic rings. The van der Waals surface area contributed by atoms with Gasteiger partial charge < -0.3 is 14.2 Å². The van der Waals surface area contributed by atoms with Crippen molar-refractivity contribution in [3.63, 3.8) is 0 Å². The van der Waals surface area contributed by atoms with Crippen LogP contribution in [-0.2, 0) is 25.6 Å². The quantitative estimate of drug-likeness (QED) is 0.535. The van der Waals surface area contributed by atoms with Gasteiger partial charge in [0, 0.05) is 5.56 Å². The number of cyclic esters (lactones) is 2. The van der Waals surface area contributed by atoms with Crippen molar-refractivity contribution in [2.45, 2.75) is 24.7 Å². The molecule has 1 unspecified atom stereocenters. The number of carbonyl (C=O) groups excluding carboxylic acids is 2. The van der Waals surface area contributed by atoms with Gasteiger partial charge in [-0.25, -0.2) is 4.79 Å². The van der Waals surface area contributed by atoms with Crippen molar-refractivity contribution in [2.75, 3.05) is 6.61 Å². The second-order valence-corrected chi connectivity index (χ2v) is 5.60. The minimum atomic E-state index is -0.359. The van der Waals surface area contributed by atoms with Crippen molar-refractivity contribution in [3.05, 3.63) is 47.5 Å². The van der Waals surface area contributed by atoms with Crippen molar-refractivity contribution in [1.82, 2.24) is 0 Å². The topological polar surface area (TPSA) is 61.8 Å². The van der Waals surface area contributed by atoms with Gasteiger partial charge in [0.05, 0.1) is 17.6 Å². The summed E-state index contributed by atoms with van der Waals surface area (Å²) in [7, 11) is 0. The molecule has 0 saturated carbocycles. The van der Waals surface area contributed by atoms with E-state index in [0.717, 1.165) is 12.0 Å². The van der Waals surface area contributed by atoms with Gasteiger partial charge in [-0.15, -0.1) is 0 Å². The molecule has 4 heterocycles. The lowest BCUT2D eigenvalue weighted by Crippen LogP contribution is -2.31. The molecule has 0 amide bonds. The van der Waals surface area contributed by atoms with Crippen LogP contribution in [0.2, 0.25) is 0 Å². The van der Waals surface area contributed by atoms with Crippen LogP contribution in [0.5, 0.6) is 0 Å². The van der Waals surface area contributed by atoms with Crippen molar-refractivity contribution in [1.29, 1.82) is 0 Å². The predicted octanol–water partition coefficient (Wildman–Crippen LogP) is 1.61. The van der Waals surface area contributed by atoms with Crippen LogP contribution in [0.1, 0.15) is 22.3 Å². The first-order valence-electron chi connectivity index (χ1n) is 6.97. The van der Waals surface area contributed by atoms with Gasteiger partial charge in [0.2, 0.25) is 0 Å². The zero-order valence-electron chi connectivity index (χ0n) is 11.3. The first-order valence-corrected chi connectivity index (χ1v) is 6.97. The van der Waals surface area contributed by atoms with Crippen molar-refractivity contribution >= 4 is 11.9 Å². The molecule has 108 valence electrons. The van der Waals surface area contributed by atoms with Crippen LogP contribution < -0.4 is 0 Å². The molecule has 1 aromatic carbocycles. The van der Waals surface area contributed by atoms with Crippen LogP contribution in [0.3, 0.4) is 0 Å². The SMILES string of the molecule is O=C1OC[C@]23C=C[C@H](CC12)O3.O=C1OCc2ccccc21. The second kappa shape index (κ2) is 4.43. The summed E-state index contributed by atoms with van der Waals surface area (Å²) in [4.78, 5) is 21.9. The fraction of sp³-hybridized carbons (Fsp3) is 0.375. The summed E-state index contributed by atoms with van der Waals surface area (Å²) in [6.45, 7) is 0.860. The maximum absolute atomic E-state index is 11.1. The summed E-state index contributed by atoms with van der Waals surface area (Å²) in [5.41, 5.74) is 1.34. The number of carbonyl (C=O) groups is 2. The number of ether oxygens (including phenoxy) is 3. The molecule has 2 bridgehead atoms. The summed E-state index contributed by atoms with van der Waals surface area (Å²) in [5.74, 6) is -0.301. The third-order valence-corrected chi connectivity index (χ3v) is 4.34. The molecule has 4 aliphatic heterocycles. The molecule has 2 fully saturated rings. The molecule has 0 radical (unpaired) electrons. The number of hydrogen-bond donors (Lipinski definition) is 0. The lowest BCUT2D eigenvalue weighted by Gasteiger charge is -2.16. The Labute approximate surface area is 121 Å². The molecule has 0 N–H and O–H groups in total. The second-order valence-electron chi connectivity index (χ2n) is 5.60. The van der Waals surface area contributed by atoms with E-state index < -0.39 is 0 Å². The standard InChI is InChI=1S/C8H8O3.C8H6O2/c9-7-6-3-5-1-2-8(6,11-5)4-10-7;9-8-7-4-2-1-3-6(7)5-10-8/h1-2,5-6H,3-4H2;1-4H,5H2/t5-,6?,8-;/m1./s1. The first-order chi connectivity index (χ1) is 10.2. The summed E-state index contributed by atoms with van der Waals surface area (Å²) in [6.07, 6.45) is 5.00. The summed E-state index contributed by atoms with van der Waals surface area (Å²) < 4.78 is 15.3. The molecule has 0 aliphatic carbocycles. The lowest BCUT2D eigenvalue weighted by molar-refractivity contribution is -0.141. The van der Waals surface area contributed by atoms with Crippen molar-refractivity contribution in [2.24, 2.45) is 5.92 Å². The number of rotatable bonds is 0. The van der Waals surface area contributed by atoms with Crippen LogP contribution in [0.25, 0.3) is 0 Å². The van der Waals surface area contributed by atoms with E-state index in [0.29, 0.717) is 18.8 Å².